The van der Waals surface area contributed by atoms with Gasteiger partial charge in [0.25, 0.3) is 0 Å². The normalized spacial score (nSPS) is 11.7. The summed E-state index contributed by atoms with van der Waals surface area (Å²) in [5.74, 6) is 0. The van der Waals surface area contributed by atoms with E-state index in [9.17, 15) is 5.11 Å². The summed E-state index contributed by atoms with van der Waals surface area (Å²) in [5, 5.41) is 12.8. The topological polar surface area (TPSA) is 44.7 Å². The second-order valence-electron chi connectivity index (χ2n) is 6.08. The zero-order valence-electron chi connectivity index (χ0n) is 13.4. The van der Waals surface area contributed by atoms with E-state index in [1.165, 1.54) is 5.56 Å². The summed E-state index contributed by atoms with van der Waals surface area (Å²) >= 11 is 3.53. The van der Waals surface area contributed by atoms with Crippen LogP contribution < -0.4 is 10.2 Å². The highest BCUT2D eigenvalue weighted by Crippen LogP contribution is 2.25. The first-order valence-electron chi connectivity index (χ1n) is 7.25. The fourth-order valence-electron chi connectivity index (χ4n) is 2.02. The molecule has 0 aliphatic heterocycles. The fraction of sp³-hybridized carbons (Fsp3) is 0.625. The number of anilines is 1. The molecule has 0 unspecified atom stereocenters. The molecule has 21 heavy (non-hydrogen) atoms. The van der Waals surface area contributed by atoms with Crippen LogP contribution in [0.3, 0.4) is 0 Å². The smallest absolute Gasteiger partial charge is 0.0637 e. The van der Waals surface area contributed by atoms with Crippen molar-refractivity contribution in [3.05, 3.63) is 28.2 Å². The number of nitrogens with zero attached hydrogens (tertiary/aromatic N) is 1. The summed E-state index contributed by atoms with van der Waals surface area (Å²) in [6.07, 6.45) is 0. The lowest BCUT2D eigenvalue weighted by Crippen LogP contribution is -2.36. The molecule has 5 heteroatoms. The molecule has 0 saturated heterocycles. The molecule has 1 aromatic rings. The Hall–Kier alpha value is -0.620. The molecule has 0 aliphatic carbocycles. The van der Waals surface area contributed by atoms with E-state index in [0.29, 0.717) is 13.2 Å². The van der Waals surface area contributed by atoms with Gasteiger partial charge in [0.2, 0.25) is 0 Å². The van der Waals surface area contributed by atoms with E-state index >= 15 is 0 Å². The molecule has 0 spiro atoms. The van der Waals surface area contributed by atoms with E-state index in [-0.39, 0.29) is 12.1 Å². The largest absolute Gasteiger partial charge is 0.395 e. The van der Waals surface area contributed by atoms with Crippen molar-refractivity contribution in [2.75, 3.05) is 38.3 Å². The first kappa shape index (κ1) is 18.4. The van der Waals surface area contributed by atoms with Gasteiger partial charge in [-0.2, -0.15) is 0 Å². The lowest BCUT2D eigenvalue weighted by Gasteiger charge is -2.28. The Labute approximate surface area is 136 Å². The van der Waals surface area contributed by atoms with Crippen molar-refractivity contribution in [2.45, 2.75) is 32.9 Å². The molecule has 0 heterocycles. The molecule has 2 N–H and O–H groups in total. The number of benzene rings is 1. The molecule has 0 radical (unpaired) electrons. The van der Waals surface area contributed by atoms with Crippen LogP contribution in [0.4, 0.5) is 5.69 Å². The maximum atomic E-state index is 9.31. The molecular formula is C16H27BrN2O2. The average Bonchev–Trinajstić information content (AvgIpc) is 2.41. The predicted octanol–water partition coefficient (Wildman–Crippen LogP) is 2.78. The van der Waals surface area contributed by atoms with Crippen LogP contribution in [0.25, 0.3) is 0 Å². The van der Waals surface area contributed by atoms with Crippen molar-refractivity contribution in [1.82, 2.24) is 5.32 Å². The predicted molar refractivity (Wildman–Crippen MR) is 91.9 cm³/mol. The second kappa shape index (κ2) is 8.73. The highest BCUT2D eigenvalue weighted by atomic mass is 79.9. The highest BCUT2D eigenvalue weighted by molar-refractivity contribution is 9.10. The van der Waals surface area contributed by atoms with Crippen LogP contribution in [0.1, 0.15) is 26.3 Å². The SMILES string of the molecule is COCCN(CCO)c1cc(Br)ccc1CNC(C)(C)C. The van der Waals surface area contributed by atoms with E-state index in [4.69, 9.17) is 4.74 Å². The number of methoxy groups -OCH3 is 1. The van der Waals surface area contributed by atoms with Crippen molar-refractivity contribution < 1.29 is 9.84 Å². The minimum absolute atomic E-state index is 0.0681. The van der Waals surface area contributed by atoms with Gasteiger partial charge in [-0.3, -0.25) is 0 Å². The number of halogens is 1. The Morgan fingerprint density at radius 1 is 1.29 bits per heavy atom. The van der Waals surface area contributed by atoms with Crippen LogP contribution in [0.2, 0.25) is 0 Å². The molecule has 0 bridgehead atoms. The zero-order chi connectivity index (χ0) is 15.9. The summed E-state index contributed by atoms with van der Waals surface area (Å²) in [4.78, 5) is 2.16. The molecule has 1 aromatic carbocycles. The number of nitrogens with one attached hydrogen (secondary N) is 1. The third-order valence-electron chi connectivity index (χ3n) is 3.13. The fourth-order valence-corrected chi connectivity index (χ4v) is 2.37. The molecule has 120 valence electrons. The lowest BCUT2D eigenvalue weighted by molar-refractivity contribution is 0.203. The van der Waals surface area contributed by atoms with E-state index < -0.39 is 0 Å². The quantitative estimate of drug-likeness (QED) is 0.749. The number of hydrogen-bond acceptors (Lipinski definition) is 4. The molecular weight excluding hydrogens is 332 g/mol. The first-order chi connectivity index (χ1) is 9.87. The molecule has 0 atom stereocenters. The Bertz CT molecular complexity index is 433. The van der Waals surface area contributed by atoms with Gasteiger partial charge in [0, 0.05) is 42.4 Å². The van der Waals surface area contributed by atoms with Gasteiger partial charge < -0.3 is 20.1 Å². The zero-order valence-corrected chi connectivity index (χ0v) is 15.0. The van der Waals surface area contributed by atoms with Crippen LogP contribution >= 0.6 is 15.9 Å². The average molecular weight is 359 g/mol. The Kier molecular flexibility index (Phi) is 7.66. The first-order valence-corrected chi connectivity index (χ1v) is 8.05. The standard InChI is InChI=1S/C16H27BrN2O2/c1-16(2,3)18-12-13-5-6-14(17)11-15(13)19(7-9-20)8-10-21-4/h5-6,11,18,20H,7-10,12H2,1-4H3. The monoisotopic (exact) mass is 358 g/mol. The number of aliphatic hydroxyl groups excluding tert-OH is 1. The van der Waals surface area contributed by atoms with E-state index in [1.807, 2.05) is 0 Å². The molecule has 0 saturated carbocycles. The van der Waals surface area contributed by atoms with Crippen LogP contribution in [0.5, 0.6) is 0 Å². The van der Waals surface area contributed by atoms with Gasteiger partial charge in [-0.1, -0.05) is 22.0 Å². The van der Waals surface area contributed by atoms with Crippen LogP contribution in [0, 0.1) is 0 Å². The van der Waals surface area contributed by atoms with Crippen LogP contribution in [-0.2, 0) is 11.3 Å². The third-order valence-corrected chi connectivity index (χ3v) is 3.63. The number of aliphatic hydroxyl groups is 1. The van der Waals surface area contributed by atoms with Gasteiger partial charge in [0.1, 0.15) is 0 Å². The van der Waals surface area contributed by atoms with Crippen molar-refractivity contribution in [1.29, 1.82) is 0 Å². The molecule has 1 rings (SSSR count). The van der Waals surface area contributed by atoms with Gasteiger partial charge in [-0.15, -0.1) is 0 Å². The van der Waals surface area contributed by atoms with Crippen molar-refractivity contribution in [3.8, 4) is 0 Å². The molecule has 4 nitrogen and oxygen atoms in total. The van der Waals surface area contributed by atoms with Crippen molar-refractivity contribution >= 4 is 21.6 Å². The maximum Gasteiger partial charge on any atom is 0.0637 e. The summed E-state index contributed by atoms with van der Waals surface area (Å²) < 4.78 is 6.21. The van der Waals surface area contributed by atoms with Gasteiger partial charge in [-0.05, 0) is 38.5 Å². The molecule has 0 fully saturated rings. The van der Waals surface area contributed by atoms with Gasteiger partial charge in [-0.25, -0.2) is 0 Å². The summed E-state index contributed by atoms with van der Waals surface area (Å²) in [5.41, 5.74) is 2.42. The van der Waals surface area contributed by atoms with Crippen LogP contribution in [0.15, 0.2) is 22.7 Å². The maximum absolute atomic E-state index is 9.31. The van der Waals surface area contributed by atoms with Crippen molar-refractivity contribution in [2.24, 2.45) is 0 Å². The van der Waals surface area contributed by atoms with Crippen LogP contribution in [-0.4, -0.2) is 44.1 Å². The molecule has 0 aromatic heterocycles. The van der Waals surface area contributed by atoms with Gasteiger partial charge in [0.15, 0.2) is 0 Å². The Morgan fingerprint density at radius 2 is 2.00 bits per heavy atom. The lowest BCUT2D eigenvalue weighted by atomic mass is 10.1. The Balaban J connectivity index is 2.96. The third kappa shape index (κ3) is 6.78. The summed E-state index contributed by atoms with van der Waals surface area (Å²) in [7, 11) is 1.69. The number of hydrogen-bond donors (Lipinski definition) is 2. The highest BCUT2D eigenvalue weighted by Gasteiger charge is 2.14. The van der Waals surface area contributed by atoms with Crippen molar-refractivity contribution in [3.63, 3.8) is 0 Å². The van der Waals surface area contributed by atoms with E-state index in [2.05, 4.69) is 65.1 Å². The number of rotatable bonds is 8. The minimum Gasteiger partial charge on any atom is -0.395 e. The minimum atomic E-state index is 0.0681. The molecule has 0 aliphatic rings. The van der Waals surface area contributed by atoms with Gasteiger partial charge >= 0.3 is 0 Å². The summed E-state index contributed by atoms with van der Waals surface area (Å²) in [6, 6.07) is 6.27. The summed E-state index contributed by atoms with van der Waals surface area (Å²) in [6.45, 7) is 9.38. The van der Waals surface area contributed by atoms with E-state index in [1.54, 1.807) is 7.11 Å². The van der Waals surface area contributed by atoms with E-state index in [0.717, 1.165) is 23.2 Å². The van der Waals surface area contributed by atoms with Gasteiger partial charge in [0.05, 0.1) is 13.2 Å². The Morgan fingerprint density at radius 3 is 2.57 bits per heavy atom. The number of ether oxygens (including phenoxy) is 1. The second-order valence-corrected chi connectivity index (χ2v) is 7.00. The molecule has 0 amide bonds.